The number of thioether (sulfide) groups is 1. The van der Waals surface area contributed by atoms with E-state index in [4.69, 9.17) is 5.11 Å². The Morgan fingerprint density at radius 3 is 2.62 bits per heavy atom. The second kappa shape index (κ2) is 9.66. The van der Waals surface area contributed by atoms with Crippen LogP contribution in [0.5, 0.6) is 0 Å². The molecule has 0 radical (unpaired) electrons. The van der Waals surface area contributed by atoms with Gasteiger partial charge in [-0.15, -0.1) is 0 Å². The molecule has 0 aromatic carbocycles. The topological polar surface area (TPSA) is 62.2 Å². The van der Waals surface area contributed by atoms with E-state index in [0.29, 0.717) is 11.4 Å². The summed E-state index contributed by atoms with van der Waals surface area (Å²) in [5.74, 6) is 1.21. The number of carboxylic acid groups (broad SMARTS) is 1. The number of hydrogen-bond acceptors (Lipinski definition) is 4. The van der Waals surface area contributed by atoms with E-state index in [-0.39, 0.29) is 5.92 Å². The van der Waals surface area contributed by atoms with Crippen LogP contribution in [0.25, 0.3) is 0 Å². The van der Waals surface area contributed by atoms with Crippen LogP contribution in [0.2, 0.25) is 0 Å². The summed E-state index contributed by atoms with van der Waals surface area (Å²) < 4.78 is 0. The van der Waals surface area contributed by atoms with E-state index in [2.05, 4.69) is 16.6 Å². The number of aromatic carboxylic acids is 1. The van der Waals surface area contributed by atoms with Crippen LogP contribution in [-0.4, -0.2) is 34.6 Å². The van der Waals surface area contributed by atoms with Gasteiger partial charge in [0.2, 0.25) is 0 Å². The van der Waals surface area contributed by atoms with Gasteiger partial charge in [0.15, 0.2) is 0 Å². The number of carboxylic acids is 1. The molecule has 1 heterocycles. The minimum absolute atomic E-state index is 0.219. The molecule has 1 aromatic heterocycles. The first kappa shape index (κ1) is 17.8. The molecule has 21 heavy (non-hydrogen) atoms. The number of hydrogen-bond donors (Lipinski definition) is 2. The summed E-state index contributed by atoms with van der Waals surface area (Å²) in [6.45, 7) is 4.87. The van der Waals surface area contributed by atoms with Gasteiger partial charge in [-0.05, 0) is 42.9 Å². The zero-order valence-corrected chi connectivity index (χ0v) is 14.0. The lowest BCUT2D eigenvalue weighted by Gasteiger charge is -2.11. The highest BCUT2D eigenvalue weighted by Crippen LogP contribution is 2.18. The zero-order valence-electron chi connectivity index (χ0n) is 13.2. The van der Waals surface area contributed by atoms with Crippen molar-refractivity contribution in [3.05, 3.63) is 23.4 Å². The lowest BCUT2D eigenvalue weighted by atomic mass is 10.1. The molecule has 0 aliphatic rings. The van der Waals surface area contributed by atoms with Crippen LogP contribution < -0.4 is 5.32 Å². The number of unbranched alkanes of at least 4 members (excludes halogenated alkanes) is 3. The number of carbonyl (C=O) groups is 1. The van der Waals surface area contributed by atoms with Gasteiger partial charge in [-0.25, -0.2) is 9.78 Å². The third kappa shape index (κ3) is 6.85. The number of aromatic nitrogens is 1. The molecule has 5 heteroatoms. The predicted molar refractivity (Wildman–Crippen MR) is 90.6 cm³/mol. The standard InChI is InChI=1S/C16H26N2O2S/c1-12(2)14-10-13(16(19)20)11-15(18-14)17-8-6-4-5-7-9-21-3/h10-12H,4-9H2,1-3H3,(H,17,18)(H,19,20). The maximum Gasteiger partial charge on any atom is 0.335 e. The number of rotatable bonds is 10. The average Bonchev–Trinajstić information content (AvgIpc) is 2.46. The average molecular weight is 310 g/mol. The third-order valence-corrected chi connectivity index (χ3v) is 3.96. The summed E-state index contributed by atoms with van der Waals surface area (Å²) in [4.78, 5) is 15.6. The fourth-order valence-corrected chi connectivity index (χ4v) is 2.50. The van der Waals surface area contributed by atoms with Gasteiger partial charge in [-0.3, -0.25) is 0 Å². The molecule has 0 fully saturated rings. The van der Waals surface area contributed by atoms with Gasteiger partial charge in [0, 0.05) is 12.2 Å². The quantitative estimate of drug-likeness (QED) is 0.633. The second-order valence-corrected chi connectivity index (χ2v) is 6.45. The van der Waals surface area contributed by atoms with Gasteiger partial charge < -0.3 is 10.4 Å². The number of anilines is 1. The van der Waals surface area contributed by atoms with Crippen LogP contribution >= 0.6 is 11.8 Å². The van der Waals surface area contributed by atoms with Crippen molar-refractivity contribution < 1.29 is 9.90 Å². The molecule has 0 amide bonds. The number of pyridine rings is 1. The first-order valence-corrected chi connectivity index (χ1v) is 8.92. The normalized spacial score (nSPS) is 10.9. The summed E-state index contributed by atoms with van der Waals surface area (Å²) >= 11 is 1.89. The Labute approximate surface area is 131 Å². The molecular weight excluding hydrogens is 284 g/mol. The zero-order chi connectivity index (χ0) is 15.7. The highest BCUT2D eigenvalue weighted by molar-refractivity contribution is 7.98. The summed E-state index contributed by atoms with van der Waals surface area (Å²) in [6, 6.07) is 3.27. The van der Waals surface area contributed by atoms with Crippen molar-refractivity contribution in [1.29, 1.82) is 0 Å². The van der Waals surface area contributed by atoms with E-state index < -0.39 is 5.97 Å². The van der Waals surface area contributed by atoms with E-state index in [1.54, 1.807) is 12.1 Å². The molecule has 0 bridgehead atoms. The maximum absolute atomic E-state index is 11.1. The molecule has 2 N–H and O–H groups in total. The molecule has 0 unspecified atom stereocenters. The fourth-order valence-electron chi connectivity index (χ4n) is 2.00. The van der Waals surface area contributed by atoms with E-state index in [1.165, 1.54) is 25.0 Å². The van der Waals surface area contributed by atoms with Crippen LogP contribution in [-0.2, 0) is 0 Å². The van der Waals surface area contributed by atoms with Crippen LogP contribution in [0.1, 0.15) is 61.5 Å². The van der Waals surface area contributed by atoms with E-state index in [0.717, 1.165) is 18.7 Å². The minimum atomic E-state index is -0.903. The highest BCUT2D eigenvalue weighted by atomic mass is 32.2. The predicted octanol–water partition coefficient (Wildman–Crippen LogP) is 4.24. The fraction of sp³-hybridized carbons (Fsp3) is 0.625. The molecule has 0 saturated heterocycles. The van der Waals surface area contributed by atoms with Crippen molar-refractivity contribution in [2.45, 2.75) is 45.4 Å². The van der Waals surface area contributed by atoms with Crippen LogP contribution in [0.15, 0.2) is 12.1 Å². The monoisotopic (exact) mass is 310 g/mol. The van der Waals surface area contributed by atoms with Crippen LogP contribution in [0, 0.1) is 0 Å². The largest absolute Gasteiger partial charge is 0.478 e. The molecule has 4 nitrogen and oxygen atoms in total. The Morgan fingerprint density at radius 2 is 2.00 bits per heavy atom. The van der Waals surface area contributed by atoms with Gasteiger partial charge in [0.05, 0.1) is 5.56 Å². The number of nitrogens with one attached hydrogen (secondary N) is 1. The van der Waals surface area contributed by atoms with Crippen molar-refractivity contribution in [2.24, 2.45) is 0 Å². The van der Waals surface area contributed by atoms with E-state index >= 15 is 0 Å². The smallest absolute Gasteiger partial charge is 0.335 e. The van der Waals surface area contributed by atoms with Crippen molar-refractivity contribution in [3.8, 4) is 0 Å². The molecular formula is C16H26N2O2S. The second-order valence-electron chi connectivity index (χ2n) is 5.46. The lowest BCUT2D eigenvalue weighted by molar-refractivity contribution is 0.0696. The first-order valence-electron chi connectivity index (χ1n) is 7.52. The molecule has 0 saturated carbocycles. The van der Waals surface area contributed by atoms with Gasteiger partial charge in [0.1, 0.15) is 5.82 Å². The van der Waals surface area contributed by atoms with Crippen molar-refractivity contribution in [3.63, 3.8) is 0 Å². The molecule has 0 spiro atoms. The van der Waals surface area contributed by atoms with Crippen LogP contribution in [0.4, 0.5) is 5.82 Å². The minimum Gasteiger partial charge on any atom is -0.478 e. The Balaban J connectivity index is 2.48. The Bertz CT molecular complexity index is 450. The summed E-state index contributed by atoms with van der Waals surface area (Å²) in [5, 5.41) is 12.4. The van der Waals surface area contributed by atoms with E-state index in [9.17, 15) is 4.79 Å². The Morgan fingerprint density at radius 1 is 1.29 bits per heavy atom. The van der Waals surface area contributed by atoms with Crippen molar-refractivity contribution in [1.82, 2.24) is 4.98 Å². The molecule has 0 aliphatic heterocycles. The first-order chi connectivity index (χ1) is 10.0. The summed E-state index contributed by atoms with van der Waals surface area (Å²) in [7, 11) is 0. The Kier molecular flexibility index (Phi) is 8.20. The number of nitrogens with zero attached hydrogens (tertiary/aromatic N) is 1. The summed E-state index contributed by atoms with van der Waals surface area (Å²) in [6.07, 6.45) is 6.94. The summed E-state index contributed by atoms with van der Waals surface area (Å²) in [5.41, 5.74) is 1.12. The van der Waals surface area contributed by atoms with Gasteiger partial charge in [-0.1, -0.05) is 26.7 Å². The van der Waals surface area contributed by atoms with Crippen molar-refractivity contribution in [2.75, 3.05) is 23.9 Å². The van der Waals surface area contributed by atoms with Crippen LogP contribution in [0.3, 0.4) is 0 Å². The third-order valence-electron chi connectivity index (χ3n) is 3.26. The van der Waals surface area contributed by atoms with Gasteiger partial charge >= 0.3 is 5.97 Å². The molecule has 0 aliphatic carbocycles. The maximum atomic E-state index is 11.1. The Hall–Kier alpha value is -1.23. The SMILES string of the molecule is CSCCCCCCNc1cc(C(=O)O)cc(C(C)C)n1. The van der Waals surface area contributed by atoms with Gasteiger partial charge in [0.25, 0.3) is 0 Å². The molecule has 0 atom stereocenters. The van der Waals surface area contributed by atoms with Gasteiger partial charge in [-0.2, -0.15) is 11.8 Å². The highest BCUT2D eigenvalue weighted by Gasteiger charge is 2.10. The molecule has 118 valence electrons. The molecule has 1 rings (SSSR count). The lowest BCUT2D eigenvalue weighted by Crippen LogP contribution is -2.08. The van der Waals surface area contributed by atoms with Crippen molar-refractivity contribution >= 4 is 23.5 Å². The molecule has 1 aromatic rings. The van der Waals surface area contributed by atoms with E-state index in [1.807, 2.05) is 25.6 Å².